The summed E-state index contributed by atoms with van der Waals surface area (Å²) in [6.45, 7) is 0.752. The Balaban J connectivity index is 2.93. The van der Waals surface area contributed by atoms with Gasteiger partial charge < -0.3 is 15.2 Å². The van der Waals surface area contributed by atoms with Crippen molar-refractivity contribution in [2.75, 3.05) is 27.0 Å². The second-order valence-corrected chi connectivity index (χ2v) is 4.61. The molecule has 1 aromatic carbocycles. The number of nitrogens with two attached hydrogens (primary N) is 1. The van der Waals surface area contributed by atoms with E-state index >= 15 is 0 Å². The van der Waals surface area contributed by atoms with Crippen LogP contribution in [0.25, 0.3) is 0 Å². The summed E-state index contributed by atoms with van der Waals surface area (Å²) in [6.07, 6.45) is 5.28. The molecule has 0 saturated carbocycles. The van der Waals surface area contributed by atoms with E-state index in [-0.39, 0.29) is 0 Å². The summed E-state index contributed by atoms with van der Waals surface area (Å²) in [5.74, 6) is 1.59. The van der Waals surface area contributed by atoms with Crippen molar-refractivity contribution in [1.82, 2.24) is 0 Å². The predicted molar refractivity (Wildman–Crippen MR) is 73.3 cm³/mol. The van der Waals surface area contributed by atoms with Gasteiger partial charge in [-0.1, -0.05) is 0 Å². The highest BCUT2D eigenvalue weighted by Crippen LogP contribution is 2.35. The van der Waals surface area contributed by atoms with Crippen molar-refractivity contribution < 1.29 is 9.47 Å². The molecule has 2 N–H and O–H groups in total. The first-order chi connectivity index (χ1) is 8.26. The molecule has 0 fully saturated rings. The first-order valence-corrected chi connectivity index (χ1v) is 6.98. The average molecular weight is 255 g/mol. The summed E-state index contributed by atoms with van der Waals surface area (Å²) >= 11 is 1.74. The lowest BCUT2D eigenvalue weighted by Crippen LogP contribution is -2.00. The van der Waals surface area contributed by atoms with Crippen LogP contribution in [0.3, 0.4) is 0 Å². The number of methoxy groups -OCH3 is 2. The minimum atomic E-state index is 0.752. The zero-order valence-electron chi connectivity index (χ0n) is 10.8. The lowest BCUT2D eigenvalue weighted by Gasteiger charge is -2.13. The van der Waals surface area contributed by atoms with Crippen LogP contribution in [0.5, 0.6) is 11.5 Å². The molecule has 0 bridgehead atoms. The van der Waals surface area contributed by atoms with Gasteiger partial charge in [0.05, 0.1) is 14.2 Å². The molecule has 3 nitrogen and oxygen atoms in total. The van der Waals surface area contributed by atoms with Crippen molar-refractivity contribution >= 4 is 11.8 Å². The topological polar surface area (TPSA) is 44.5 Å². The molecule has 0 aromatic heterocycles. The van der Waals surface area contributed by atoms with Crippen molar-refractivity contribution in [3.63, 3.8) is 0 Å². The highest BCUT2D eigenvalue weighted by Gasteiger charge is 2.10. The van der Waals surface area contributed by atoms with Crippen LogP contribution in [-0.4, -0.2) is 27.0 Å². The first kappa shape index (κ1) is 14.2. The first-order valence-electron chi connectivity index (χ1n) is 5.75. The van der Waals surface area contributed by atoms with E-state index in [0.717, 1.165) is 37.3 Å². The van der Waals surface area contributed by atoms with Crippen molar-refractivity contribution in [3.05, 3.63) is 17.7 Å². The van der Waals surface area contributed by atoms with Gasteiger partial charge in [-0.05, 0) is 49.8 Å². The van der Waals surface area contributed by atoms with Crippen LogP contribution in [0, 0.1) is 0 Å². The second kappa shape index (κ2) is 7.45. The van der Waals surface area contributed by atoms with Gasteiger partial charge in [0.25, 0.3) is 0 Å². The number of rotatable bonds is 7. The van der Waals surface area contributed by atoms with Gasteiger partial charge in [0.2, 0.25) is 0 Å². The number of aryl methyl sites for hydroxylation is 1. The zero-order valence-corrected chi connectivity index (χ0v) is 11.6. The lowest BCUT2D eigenvalue weighted by atomic mass is 10.1. The summed E-state index contributed by atoms with van der Waals surface area (Å²) in [7, 11) is 3.33. The summed E-state index contributed by atoms with van der Waals surface area (Å²) in [6, 6.07) is 4.11. The Morgan fingerprint density at radius 2 is 1.76 bits per heavy atom. The third kappa shape index (κ3) is 3.82. The molecular formula is C13H21NO2S. The maximum absolute atomic E-state index is 5.52. The van der Waals surface area contributed by atoms with Crippen molar-refractivity contribution in [3.8, 4) is 11.5 Å². The smallest absolute Gasteiger partial charge is 0.161 e. The van der Waals surface area contributed by atoms with Gasteiger partial charge in [-0.2, -0.15) is 0 Å². The summed E-state index contributed by atoms with van der Waals surface area (Å²) in [5, 5.41) is 0. The maximum atomic E-state index is 5.52. The van der Waals surface area contributed by atoms with Crippen molar-refractivity contribution in [1.29, 1.82) is 0 Å². The van der Waals surface area contributed by atoms with E-state index < -0.39 is 0 Å². The number of benzene rings is 1. The van der Waals surface area contributed by atoms with E-state index in [1.165, 1.54) is 10.5 Å². The Morgan fingerprint density at radius 3 is 2.29 bits per heavy atom. The molecule has 96 valence electrons. The molecule has 17 heavy (non-hydrogen) atoms. The number of hydrogen-bond acceptors (Lipinski definition) is 4. The molecule has 0 amide bonds. The molecule has 0 heterocycles. The molecule has 0 saturated heterocycles. The number of ether oxygens (including phenoxy) is 2. The third-order valence-electron chi connectivity index (χ3n) is 2.69. The van der Waals surface area contributed by atoms with Crippen LogP contribution in [0.15, 0.2) is 17.0 Å². The van der Waals surface area contributed by atoms with Gasteiger partial charge in [-0.3, -0.25) is 0 Å². The highest BCUT2D eigenvalue weighted by molar-refractivity contribution is 7.98. The molecule has 1 rings (SSSR count). The normalized spacial score (nSPS) is 10.4. The molecule has 0 unspecified atom stereocenters. The average Bonchev–Trinajstić information content (AvgIpc) is 2.38. The van der Waals surface area contributed by atoms with E-state index in [9.17, 15) is 0 Å². The highest BCUT2D eigenvalue weighted by atomic mass is 32.2. The SMILES string of the molecule is COc1cc(CCCCN)c(SC)cc1OC. The van der Waals surface area contributed by atoms with E-state index in [1.54, 1.807) is 26.0 Å². The minimum absolute atomic E-state index is 0.752. The Hall–Kier alpha value is -0.870. The molecule has 0 aliphatic heterocycles. The largest absolute Gasteiger partial charge is 0.493 e. The van der Waals surface area contributed by atoms with Gasteiger partial charge in [0, 0.05) is 4.90 Å². The van der Waals surface area contributed by atoms with Crippen LogP contribution in [-0.2, 0) is 6.42 Å². The Morgan fingerprint density at radius 1 is 1.12 bits per heavy atom. The summed E-state index contributed by atoms with van der Waals surface area (Å²) in [4.78, 5) is 1.25. The molecule has 4 heteroatoms. The van der Waals surface area contributed by atoms with Gasteiger partial charge >= 0.3 is 0 Å². The molecule has 0 spiro atoms. The summed E-state index contributed by atoms with van der Waals surface area (Å²) in [5.41, 5.74) is 6.82. The third-order valence-corrected chi connectivity index (χ3v) is 3.51. The van der Waals surface area contributed by atoms with Crippen molar-refractivity contribution in [2.24, 2.45) is 5.73 Å². The van der Waals surface area contributed by atoms with E-state index in [0.29, 0.717) is 0 Å². The van der Waals surface area contributed by atoms with Gasteiger partial charge in [0.1, 0.15) is 0 Å². The molecule has 0 radical (unpaired) electrons. The fourth-order valence-electron chi connectivity index (χ4n) is 1.75. The fourth-order valence-corrected chi connectivity index (χ4v) is 2.40. The molecule has 0 aliphatic rings. The Bertz CT molecular complexity index is 356. The standard InChI is InChI=1S/C13H21NO2S/c1-15-11-8-10(6-4-5-7-14)13(17-3)9-12(11)16-2/h8-9H,4-7,14H2,1-3H3. The monoisotopic (exact) mass is 255 g/mol. The minimum Gasteiger partial charge on any atom is -0.493 e. The van der Waals surface area contributed by atoms with Gasteiger partial charge in [-0.15, -0.1) is 11.8 Å². The molecule has 1 aromatic rings. The lowest BCUT2D eigenvalue weighted by molar-refractivity contribution is 0.353. The van der Waals surface area contributed by atoms with Crippen LogP contribution in [0.1, 0.15) is 18.4 Å². The predicted octanol–water partition coefficient (Wildman–Crippen LogP) is 2.71. The molecular weight excluding hydrogens is 234 g/mol. The Labute approximate surface area is 108 Å². The fraction of sp³-hybridized carbons (Fsp3) is 0.538. The quantitative estimate of drug-likeness (QED) is 0.601. The van der Waals surface area contributed by atoms with Gasteiger partial charge in [-0.25, -0.2) is 0 Å². The number of unbranched alkanes of at least 4 members (excludes halogenated alkanes) is 1. The zero-order chi connectivity index (χ0) is 12.7. The van der Waals surface area contributed by atoms with Crippen LogP contribution in [0.4, 0.5) is 0 Å². The van der Waals surface area contributed by atoms with E-state index in [2.05, 4.69) is 12.3 Å². The van der Waals surface area contributed by atoms with Crippen LogP contribution < -0.4 is 15.2 Å². The van der Waals surface area contributed by atoms with Crippen LogP contribution in [0.2, 0.25) is 0 Å². The van der Waals surface area contributed by atoms with E-state index in [1.807, 2.05) is 6.07 Å². The molecule has 0 aliphatic carbocycles. The van der Waals surface area contributed by atoms with Crippen molar-refractivity contribution in [2.45, 2.75) is 24.2 Å². The number of thioether (sulfide) groups is 1. The van der Waals surface area contributed by atoms with E-state index in [4.69, 9.17) is 15.2 Å². The summed E-state index contributed by atoms with van der Waals surface area (Å²) < 4.78 is 10.6. The Kier molecular flexibility index (Phi) is 6.22. The number of hydrogen-bond donors (Lipinski definition) is 1. The van der Waals surface area contributed by atoms with Crippen LogP contribution >= 0.6 is 11.8 Å². The molecule has 0 atom stereocenters. The maximum Gasteiger partial charge on any atom is 0.161 e. The van der Waals surface area contributed by atoms with Gasteiger partial charge in [0.15, 0.2) is 11.5 Å². The second-order valence-electron chi connectivity index (χ2n) is 3.76.